The summed E-state index contributed by atoms with van der Waals surface area (Å²) >= 11 is 1.51. The molecule has 0 saturated heterocycles. The summed E-state index contributed by atoms with van der Waals surface area (Å²) in [6.45, 7) is 8.19. The second-order valence-corrected chi connectivity index (χ2v) is 10.3. The zero-order valence-electron chi connectivity index (χ0n) is 21.6. The lowest BCUT2D eigenvalue weighted by Gasteiger charge is -2.15. The van der Waals surface area contributed by atoms with Crippen LogP contribution in [-0.2, 0) is 11.2 Å². The van der Waals surface area contributed by atoms with E-state index in [9.17, 15) is 4.79 Å². The molecule has 0 fully saturated rings. The topological polar surface area (TPSA) is 59.3 Å². The van der Waals surface area contributed by atoms with Crippen LogP contribution in [-0.4, -0.2) is 26.3 Å². The number of carbonyl (C=O) groups is 1. The Labute approximate surface area is 222 Å². The highest BCUT2D eigenvalue weighted by molar-refractivity contribution is 8.00. The van der Waals surface area contributed by atoms with Crippen molar-refractivity contribution in [1.29, 1.82) is 0 Å². The molecule has 0 spiro atoms. The number of hydrogen-bond donors (Lipinski definition) is 1. The summed E-state index contributed by atoms with van der Waals surface area (Å²) in [6, 6.07) is 26.6. The van der Waals surface area contributed by atoms with Crippen LogP contribution in [0.2, 0.25) is 0 Å². The normalized spacial score (nSPS) is 11.1. The van der Waals surface area contributed by atoms with E-state index in [2.05, 4.69) is 50.4 Å². The standard InChI is InChI=1S/C31H30N4OS/c1-20-15-16-26(17-21(20)2)33-28(36)19-37-31-27(18-24-11-7-5-8-12-24)22(3)32-30-29(23(4)34-35(30)31)25-13-9-6-10-14-25/h5-17H,18-19H2,1-4H3,(H,33,36). The number of hydrogen-bond acceptors (Lipinski definition) is 4. The lowest BCUT2D eigenvalue weighted by atomic mass is 10.0. The molecule has 0 aliphatic heterocycles. The molecule has 186 valence electrons. The first-order valence-corrected chi connectivity index (χ1v) is 13.4. The van der Waals surface area contributed by atoms with Crippen molar-refractivity contribution in [3.05, 3.63) is 113 Å². The van der Waals surface area contributed by atoms with Crippen molar-refractivity contribution < 1.29 is 4.79 Å². The molecule has 1 amide bonds. The van der Waals surface area contributed by atoms with E-state index in [1.165, 1.54) is 22.9 Å². The monoisotopic (exact) mass is 506 g/mol. The van der Waals surface area contributed by atoms with Gasteiger partial charge in [-0.05, 0) is 62.1 Å². The molecule has 5 rings (SSSR count). The summed E-state index contributed by atoms with van der Waals surface area (Å²) in [5.41, 5.74) is 10.2. The predicted octanol–water partition coefficient (Wildman–Crippen LogP) is 6.95. The molecule has 5 nitrogen and oxygen atoms in total. The fourth-order valence-corrected chi connectivity index (χ4v) is 5.50. The third-order valence-electron chi connectivity index (χ3n) is 6.61. The molecule has 0 aliphatic rings. The maximum absolute atomic E-state index is 13.0. The number of benzene rings is 3. The van der Waals surface area contributed by atoms with E-state index >= 15 is 0 Å². The Bertz CT molecular complexity index is 1580. The van der Waals surface area contributed by atoms with Gasteiger partial charge in [-0.1, -0.05) is 78.5 Å². The second-order valence-electron chi connectivity index (χ2n) is 9.34. The minimum Gasteiger partial charge on any atom is -0.325 e. The van der Waals surface area contributed by atoms with Gasteiger partial charge in [0.2, 0.25) is 5.91 Å². The highest BCUT2D eigenvalue weighted by Crippen LogP contribution is 2.34. The Kier molecular flexibility index (Phi) is 7.10. The molecular formula is C31H30N4OS. The first kappa shape index (κ1) is 24.8. The van der Waals surface area contributed by atoms with Crippen LogP contribution in [0.3, 0.4) is 0 Å². The molecule has 1 N–H and O–H groups in total. The Balaban J connectivity index is 1.53. The predicted molar refractivity (Wildman–Crippen MR) is 152 cm³/mol. The molecule has 0 atom stereocenters. The van der Waals surface area contributed by atoms with Gasteiger partial charge in [0, 0.05) is 28.9 Å². The molecule has 0 radical (unpaired) electrons. The van der Waals surface area contributed by atoms with Crippen LogP contribution >= 0.6 is 11.8 Å². The Hall–Kier alpha value is -3.90. The van der Waals surface area contributed by atoms with Gasteiger partial charge in [0.05, 0.1) is 11.4 Å². The molecule has 0 bridgehead atoms. The van der Waals surface area contributed by atoms with Crippen LogP contribution in [0.15, 0.2) is 83.9 Å². The lowest BCUT2D eigenvalue weighted by Crippen LogP contribution is -2.15. The van der Waals surface area contributed by atoms with E-state index in [0.29, 0.717) is 0 Å². The average molecular weight is 507 g/mol. The SMILES string of the molecule is Cc1ccc(NC(=O)CSc2c(Cc3ccccc3)c(C)nc3c(-c4ccccc4)c(C)nn23)cc1C. The van der Waals surface area contributed by atoms with Crippen molar-refractivity contribution >= 4 is 29.0 Å². The van der Waals surface area contributed by atoms with E-state index in [4.69, 9.17) is 10.1 Å². The third kappa shape index (κ3) is 5.30. The molecule has 2 heterocycles. The van der Waals surface area contributed by atoms with Gasteiger partial charge in [0.25, 0.3) is 0 Å². The van der Waals surface area contributed by atoms with E-state index < -0.39 is 0 Å². The molecule has 3 aromatic carbocycles. The number of thioether (sulfide) groups is 1. The number of aryl methyl sites for hydroxylation is 4. The van der Waals surface area contributed by atoms with Crippen molar-refractivity contribution in [1.82, 2.24) is 14.6 Å². The second kappa shape index (κ2) is 10.6. The molecule has 0 aliphatic carbocycles. The molecule has 6 heteroatoms. The molecule has 0 saturated carbocycles. The van der Waals surface area contributed by atoms with Gasteiger partial charge < -0.3 is 5.32 Å². The Morgan fingerprint density at radius 2 is 1.57 bits per heavy atom. The van der Waals surface area contributed by atoms with Gasteiger partial charge in [-0.3, -0.25) is 4.79 Å². The number of aromatic nitrogens is 3. The number of rotatable bonds is 7. The highest BCUT2D eigenvalue weighted by atomic mass is 32.2. The summed E-state index contributed by atoms with van der Waals surface area (Å²) in [4.78, 5) is 18.0. The maximum Gasteiger partial charge on any atom is 0.234 e. The first-order chi connectivity index (χ1) is 17.9. The molecule has 2 aromatic heterocycles. The van der Waals surface area contributed by atoms with Crippen LogP contribution in [0.1, 0.15) is 33.6 Å². The fourth-order valence-electron chi connectivity index (χ4n) is 4.51. The zero-order chi connectivity index (χ0) is 25.9. The number of nitrogens with one attached hydrogen (secondary N) is 1. The average Bonchev–Trinajstić information content (AvgIpc) is 3.22. The Morgan fingerprint density at radius 1 is 0.865 bits per heavy atom. The largest absolute Gasteiger partial charge is 0.325 e. The quantitative estimate of drug-likeness (QED) is 0.192. The van der Waals surface area contributed by atoms with Crippen molar-refractivity contribution in [2.75, 3.05) is 11.1 Å². The van der Waals surface area contributed by atoms with E-state index in [0.717, 1.165) is 56.4 Å². The number of amides is 1. The maximum atomic E-state index is 13.0. The number of nitrogens with zero attached hydrogens (tertiary/aromatic N) is 3. The zero-order valence-corrected chi connectivity index (χ0v) is 22.4. The van der Waals surface area contributed by atoms with Crippen molar-refractivity contribution in [2.45, 2.75) is 39.1 Å². The number of fused-ring (bicyclic) bond motifs is 1. The van der Waals surface area contributed by atoms with Crippen LogP contribution in [0.25, 0.3) is 16.8 Å². The van der Waals surface area contributed by atoms with Gasteiger partial charge >= 0.3 is 0 Å². The van der Waals surface area contributed by atoms with Crippen LogP contribution in [0.5, 0.6) is 0 Å². The third-order valence-corrected chi connectivity index (χ3v) is 7.71. The van der Waals surface area contributed by atoms with Gasteiger partial charge in [-0.25, -0.2) is 9.50 Å². The summed E-state index contributed by atoms with van der Waals surface area (Å²) in [5.74, 6) is 0.223. The van der Waals surface area contributed by atoms with Crippen molar-refractivity contribution in [3.8, 4) is 11.1 Å². The summed E-state index contributed by atoms with van der Waals surface area (Å²) in [5, 5.41) is 8.92. The lowest BCUT2D eigenvalue weighted by molar-refractivity contribution is -0.113. The summed E-state index contributed by atoms with van der Waals surface area (Å²) in [7, 11) is 0. The van der Waals surface area contributed by atoms with Gasteiger partial charge in [-0.2, -0.15) is 5.10 Å². The highest BCUT2D eigenvalue weighted by Gasteiger charge is 2.21. The first-order valence-electron chi connectivity index (χ1n) is 12.4. The van der Waals surface area contributed by atoms with E-state index in [-0.39, 0.29) is 11.7 Å². The van der Waals surface area contributed by atoms with Gasteiger partial charge in [0.1, 0.15) is 5.03 Å². The summed E-state index contributed by atoms with van der Waals surface area (Å²) < 4.78 is 1.93. The number of carbonyl (C=O) groups excluding carboxylic acids is 1. The van der Waals surface area contributed by atoms with Crippen LogP contribution < -0.4 is 5.32 Å². The van der Waals surface area contributed by atoms with Crippen molar-refractivity contribution in [2.24, 2.45) is 0 Å². The smallest absolute Gasteiger partial charge is 0.234 e. The summed E-state index contributed by atoms with van der Waals surface area (Å²) in [6.07, 6.45) is 0.719. The minimum absolute atomic E-state index is 0.0475. The van der Waals surface area contributed by atoms with Crippen molar-refractivity contribution in [3.63, 3.8) is 0 Å². The molecular weight excluding hydrogens is 476 g/mol. The minimum atomic E-state index is -0.0475. The Morgan fingerprint density at radius 3 is 2.27 bits per heavy atom. The fraction of sp³-hybridized carbons (Fsp3) is 0.194. The molecule has 0 unspecified atom stereocenters. The number of anilines is 1. The molecule has 37 heavy (non-hydrogen) atoms. The van der Waals surface area contributed by atoms with Gasteiger partial charge in [-0.15, -0.1) is 0 Å². The van der Waals surface area contributed by atoms with Crippen LogP contribution in [0, 0.1) is 27.7 Å². The van der Waals surface area contributed by atoms with Crippen LogP contribution in [0.4, 0.5) is 5.69 Å². The van der Waals surface area contributed by atoms with Gasteiger partial charge in [0.15, 0.2) is 5.65 Å². The van der Waals surface area contributed by atoms with E-state index in [1.54, 1.807) is 0 Å². The molecule has 5 aromatic rings. The van der Waals surface area contributed by atoms with E-state index in [1.807, 2.05) is 66.0 Å².